The quantitative estimate of drug-likeness (QED) is 0.871. The summed E-state index contributed by atoms with van der Waals surface area (Å²) in [5, 5.41) is 3.90. The molecule has 6 heteroatoms. The normalized spacial score (nSPS) is 10.6. The minimum Gasteiger partial charge on any atom is -0.491 e. The average Bonchev–Trinajstić information content (AvgIpc) is 2.61. The topological polar surface area (TPSA) is 53.1 Å². The molecule has 0 spiro atoms. The monoisotopic (exact) mass is 239 g/mol. The number of aromatic nitrogens is 2. The number of nitrogens with two attached hydrogens (primary N) is 1. The number of hydrogen-bond acceptors (Lipinski definition) is 3. The molecule has 0 fully saturated rings. The molecule has 0 bridgehead atoms. The largest absolute Gasteiger partial charge is 0.491 e. The van der Waals surface area contributed by atoms with Crippen molar-refractivity contribution >= 4 is 5.82 Å². The first kappa shape index (κ1) is 11.4. The van der Waals surface area contributed by atoms with Crippen LogP contribution in [0.15, 0.2) is 18.3 Å². The van der Waals surface area contributed by atoms with Gasteiger partial charge in [-0.2, -0.15) is 5.10 Å². The molecule has 0 amide bonds. The fraction of sp³-hybridized carbons (Fsp3) is 0.182. The highest BCUT2D eigenvalue weighted by atomic mass is 19.1. The van der Waals surface area contributed by atoms with E-state index in [9.17, 15) is 8.78 Å². The number of halogens is 2. The lowest BCUT2D eigenvalue weighted by molar-refractivity contribution is 0.360. The summed E-state index contributed by atoms with van der Waals surface area (Å²) in [4.78, 5) is 0. The number of aryl methyl sites for hydroxylation is 1. The van der Waals surface area contributed by atoms with Gasteiger partial charge in [-0.05, 0) is 12.1 Å². The van der Waals surface area contributed by atoms with Crippen LogP contribution in [-0.4, -0.2) is 16.9 Å². The van der Waals surface area contributed by atoms with Crippen LogP contribution < -0.4 is 10.5 Å². The van der Waals surface area contributed by atoms with Crippen LogP contribution in [0.3, 0.4) is 0 Å². The van der Waals surface area contributed by atoms with Crippen LogP contribution in [0.25, 0.3) is 11.1 Å². The Labute approximate surface area is 96.6 Å². The van der Waals surface area contributed by atoms with E-state index in [4.69, 9.17) is 5.73 Å². The van der Waals surface area contributed by atoms with Crippen LogP contribution in [0.2, 0.25) is 0 Å². The van der Waals surface area contributed by atoms with E-state index in [0.717, 1.165) is 6.07 Å². The zero-order valence-corrected chi connectivity index (χ0v) is 9.37. The maximum Gasteiger partial charge on any atom is 0.191 e. The van der Waals surface area contributed by atoms with Crippen LogP contribution >= 0.6 is 0 Å². The van der Waals surface area contributed by atoms with Gasteiger partial charge in [0.15, 0.2) is 17.4 Å². The highest BCUT2D eigenvalue weighted by molar-refractivity contribution is 5.75. The minimum atomic E-state index is -0.785. The molecule has 4 nitrogen and oxygen atoms in total. The zero-order valence-electron chi connectivity index (χ0n) is 9.37. The van der Waals surface area contributed by atoms with Gasteiger partial charge in [-0.15, -0.1) is 0 Å². The van der Waals surface area contributed by atoms with Gasteiger partial charge in [0.05, 0.1) is 13.3 Å². The van der Waals surface area contributed by atoms with E-state index in [1.54, 1.807) is 7.05 Å². The second kappa shape index (κ2) is 4.04. The number of benzene rings is 1. The van der Waals surface area contributed by atoms with Crippen molar-refractivity contribution in [2.45, 2.75) is 0 Å². The van der Waals surface area contributed by atoms with Crippen LogP contribution in [0.5, 0.6) is 5.75 Å². The summed E-state index contributed by atoms with van der Waals surface area (Å²) in [6.45, 7) is 0. The van der Waals surface area contributed by atoms with Crippen LogP contribution in [-0.2, 0) is 7.05 Å². The molecule has 0 saturated heterocycles. The van der Waals surface area contributed by atoms with Gasteiger partial charge in [0, 0.05) is 18.2 Å². The van der Waals surface area contributed by atoms with Crippen molar-refractivity contribution < 1.29 is 13.5 Å². The van der Waals surface area contributed by atoms with Crippen molar-refractivity contribution in [1.82, 2.24) is 9.78 Å². The summed E-state index contributed by atoms with van der Waals surface area (Å²) in [5.41, 5.74) is 6.30. The molecule has 17 heavy (non-hydrogen) atoms. The van der Waals surface area contributed by atoms with Crippen molar-refractivity contribution in [3.8, 4) is 16.9 Å². The fourth-order valence-corrected chi connectivity index (χ4v) is 1.58. The predicted molar refractivity (Wildman–Crippen MR) is 59.5 cm³/mol. The predicted octanol–water partition coefficient (Wildman–Crippen LogP) is 1.96. The molecule has 0 aliphatic heterocycles. The van der Waals surface area contributed by atoms with Crippen LogP contribution in [0.4, 0.5) is 14.6 Å². The number of ether oxygens (including phenoxy) is 1. The van der Waals surface area contributed by atoms with Gasteiger partial charge in [-0.3, -0.25) is 4.68 Å². The van der Waals surface area contributed by atoms with E-state index in [-0.39, 0.29) is 5.56 Å². The SMILES string of the molecule is COc1c(F)ccc(-c2cnn(C)c2N)c1F. The summed E-state index contributed by atoms with van der Waals surface area (Å²) in [6, 6.07) is 2.43. The Morgan fingerprint density at radius 2 is 2.00 bits per heavy atom. The molecular formula is C11H11F2N3O. The summed E-state index contributed by atoms with van der Waals surface area (Å²) in [6.07, 6.45) is 1.42. The fourth-order valence-electron chi connectivity index (χ4n) is 1.58. The Kier molecular flexibility index (Phi) is 2.71. The molecule has 2 aromatic rings. The van der Waals surface area contributed by atoms with Gasteiger partial charge in [0.1, 0.15) is 5.82 Å². The Hall–Kier alpha value is -2.11. The van der Waals surface area contributed by atoms with Gasteiger partial charge in [-0.25, -0.2) is 8.78 Å². The lowest BCUT2D eigenvalue weighted by Crippen LogP contribution is -2.00. The summed E-state index contributed by atoms with van der Waals surface area (Å²) in [5.74, 6) is -1.66. The van der Waals surface area contributed by atoms with E-state index < -0.39 is 17.4 Å². The van der Waals surface area contributed by atoms with Gasteiger partial charge in [0.25, 0.3) is 0 Å². The van der Waals surface area contributed by atoms with Gasteiger partial charge < -0.3 is 10.5 Å². The Morgan fingerprint density at radius 3 is 2.53 bits per heavy atom. The number of nitrogens with zero attached hydrogens (tertiary/aromatic N) is 2. The van der Waals surface area contributed by atoms with Crippen LogP contribution in [0.1, 0.15) is 0 Å². The second-order valence-electron chi connectivity index (χ2n) is 3.51. The number of methoxy groups -OCH3 is 1. The van der Waals surface area contributed by atoms with E-state index >= 15 is 0 Å². The lowest BCUT2D eigenvalue weighted by Gasteiger charge is -2.08. The molecule has 0 aliphatic carbocycles. The van der Waals surface area contributed by atoms with Crippen molar-refractivity contribution in [3.05, 3.63) is 30.0 Å². The van der Waals surface area contributed by atoms with Crippen molar-refractivity contribution in [2.75, 3.05) is 12.8 Å². The Bertz CT molecular complexity index is 566. The molecule has 2 N–H and O–H groups in total. The summed E-state index contributed by atoms with van der Waals surface area (Å²) in [7, 11) is 2.84. The number of nitrogen functional groups attached to an aromatic ring is 1. The number of hydrogen-bond donors (Lipinski definition) is 1. The van der Waals surface area contributed by atoms with E-state index in [1.807, 2.05) is 0 Å². The lowest BCUT2D eigenvalue weighted by atomic mass is 10.1. The molecule has 0 radical (unpaired) electrons. The molecule has 1 heterocycles. The van der Waals surface area contributed by atoms with Crippen molar-refractivity contribution in [3.63, 3.8) is 0 Å². The molecule has 0 saturated carbocycles. The van der Waals surface area contributed by atoms with Gasteiger partial charge >= 0.3 is 0 Å². The van der Waals surface area contributed by atoms with Gasteiger partial charge in [0.2, 0.25) is 0 Å². The third-order valence-corrected chi connectivity index (χ3v) is 2.53. The molecule has 0 aliphatic rings. The van der Waals surface area contributed by atoms with Crippen molar-refractivity contribution in [1.29, 1.82) is 0 Å². The third-order valence-electron chi connectivity index (χ3n) is 2.53. The average molecular weight is 239 g/mol. The van der Waals surface area contributed by atoms with E-state index in [0.29, 0.717) is 11.4 Å². The summed E-state index contributed by atoms with van der Waals surface area (Å²) < 4.78 is 33.3. The smallest absolute Gasteiger partial charge is 0.191 e. The molecule has 2 rings (SSSR count). The minimum absolute atomic E-state index is 0.161. The first-order chi connectivity index (χ1) is 8.06. The molecule has 90 valence electrons. The Balaban J connectivity index is 2.65. The Morgan fingerprint density at radius 1 is 1.29 bits per heavy atom. The molecule has 1 aromatic carbocycles. The maximum absolute atomic E-state index is 14.0. The van der Waals surface area contributed by atoms with E-state index in [1.165, 1.54) is 24.1 Å². The molecule has 1 aromatic heterocycles. The van der Waals surface area contributed by atoms with E-state index in [2.05, 4.69) is 9.84 Å². The summed E-state index contributed by atoms with van der Waals surface area (Å²) >= 11 is 0. The molecular weight excluding hydrogens is 228 g/mol. The highest BCUT2D eigenvalue weighted by Gasteiger charge is 2.18. The second-order valence-corrected chi connectivity index (χ2v) is 3.51. The first-order valence-electron chi connectivity index (χ1n) is 4.86. The number of rotatable bonds is 2. The standard InChI is InChI=1S/C11H11F2N3O/c1-16-11(14)7(5-15-16)6-3-4-8(12)10(17-2)9(6)13/h3-5H,14H2,1-2H3. The third kappa shape index (κ3) is 1.71. The first-order valence-corrected chi connectivity index (χ1v) is 4.86. The molecule has 0 unspecified atom stereocenters. The zero-order chi connectivity index (χ0) is 12.6. The number of anilines is 1. The maximum atomic E-state index is 14.0. The highest BCUT2D eigenvalue weighted by Crippen LogP contribution is 2.33. The van der Waals surface area contributed by atoms with Crippen molar-refractivity contribution in [2.24, 2.45) is 7.05 Å². The van der Waals surface area contributed by atoms with Crippen LogP contribution in [0, 0.1) is 11.6 Å². The van der Waals surface area contributed by atoms with Gasteiger partial charge in [-0.1, -0.05) is 0 Å². The molecule has 0 atom stereocenters.